The number of aldehydes is 1. The second-order valence-corrected chi connectivity index (χ2v) is 9.24. The van der Waals surface area contributed by atoms with Gasteiger partial charge in [-0.3, -0.25) is 4.79 Å². The highest BCUT2D eigenvalue weighted by Crippen LogP contribution is 2.44. The molecule has 0 spiro atoms. The lowest BCUT2D eigenvalue weighted by atomic mass is 9.79. The number of carbonyl (C=O) groups excluding carboxylic acids is 1. The van der Waals surface area contributed by atoms with Crippen LogP contribution < -0.4 is 5.56 Å². The summed E-state index contributed by atoms with van der Waals surface area (Å²) in [7, 11) is 1.48. The number of allylic oxidation sites excluding steroid dienone is 4. The van der Waals surface area contributed by atoms with Crippen molar-refractivity contribution in [2.45, 2.75) is 72.1 Å². The molecule has 0 amide bonds. The van der Waals surface area contributed by atoms with Crippen molar-refractivity contribution in [1.82, 2.24) is 4.57 Å². The minimum Gasteiger partial charge on any atom is -0.381 e. The predicted octanol–water partition coefficient (Wildman–Crippen LogP) is 4.97. The maximum absolute atomic E-state index is 14.5. The molecule has 1 unspecified atom stereocenters. The first-order chi connectivity index (χ1) is 16.3. The van der Waals surface area contributed by atoms with E-state index in [-0.39, 0.29) is 18.0 Å². The molecule has 1 aliphatic heterocycles. The molecule has 0 bridgehead atoms. The van der Waals surface area contributed by atoms with Crippen LogP contribution in [0.25, 0.3) is 11.1 Å². The van der Waals surface area contributed by atoms with Crippen LogP contribution in [0.1, 0.15) is 77.8 Å². The Balaban J connectivity index is 2.01. The number of methoxy groups -OCH3 is 1. The molecule has 5 nitrogen and oxygen atoms in total. The summed E-state index contributed by atoms with van der Waals surface area (Å²) in [6.07, 6.45) is 5.59. The zero-order valence-electron chi connectivity index (χ0n) is 20.3. The quantitative estimate of drug-likeness (QED) is 0.612. The fourth-order valence-corrected chi connectivity index (χ4v) is 5.43. The maximum Gasteiger partial charge on any atom is 0.257 e. The van der Waals surface area contributed by atoms with Gasteiger partial charge in [-0.1, -0.05) is 19.4 Å². The van der Waals surface area contributed by atoms with Gasteiger partial charge in [-0.2, -0.15) is 0 Å². The minimum atomic E-state index is -1.39. The summed E-state index contributed by atoms with van der Waals surface area (Å²) in [6, 6.07) is 3.37. The Hall–Kier alpha value is -2.83. The van der Waals surface area contributed by atoms with Crippen molar-refractivity contribution in [3.63, 3.8) is 0 Å². The number of ether oxygens (including phenoxy) is 1. The van der Waals surface area contributed by atoms with Gasteiger partial charge in [0, 0.05) is 18.2 Å². The first-order valence-corrected chi connectivity index (χ1v) is 11.9. The Bertz CT molecular complexity index is 1270. The zero-order valence-corrected chi connectivity index (χ0v) is 20.3. The van der Waals surface area contributed by atoms with Gasteiger partial charge in [0.15, 0.2) is 6.29 Å². The fourth-order valence-electron chi connectivity index (χ4n) is 5.43. The molecule has 4 rings (SSSR count). The van der Waals surface area contributed by atoms with E-state index >= 15 is 0 Å². The van der Waals surface area contributed by atoms with Crippen molar-refractivity contribution in [3.8, 4) is 0 Å². The van der Waals surface area contributed by atoms with E-state index < -0.39 is 6.10 Å². The summed E-state index contributed by atoms with van der Waals surface area (Å²) < 4.78 is 21.5. The van der Waals surface area contributed by atoms with E-state index in [9.17, 15) is 19.1 Å². The molecule has 6 heteroatoms. The number of nitrogens with zero attached hydrogens (tertiary/aromatic N) is 1. The van der Waals surface area contributed by atoms with Crippen LogP contribution in [0.3, 0.4) is 0 Å². The Morgan fingerprint density at radius 2 is 2.00 bits per heavy atom. The van der Waals surface area contributed by atoms with Crippen molar-refractivity contribution in [2.24, 2.45) is 0 Å². The number of halogens is 1. The first-order valence-electron chi connectivity index (χ1n) is 11.9. The van der Waals surface area contributed by atoms with Crippen molar-refractivity contribution >= 4 is 17.4 Å². The van der Waals surface area contributed by atoms with Gasteiger partial charge in [-0.25, -0.2) is 4.39 Å². The summed E-state index contributed by atoms with van der Waals surface area (Å²) >= 11 is 0. The van der Waals surface area contributed by atoms with Crippen molar-refractivity contribution < 1.29 is 19.0 Å². The lowest BCUT2D eigenvalue weighted by molar-refractivity contribution is -0.115. The molecule has 2 aliphatic rings. The van der Waals surface area contributed by atoms with Crippen LogP contribution in [0.2, 0.25) is 0 Å². The van der Waals surface area contributed by atoms with Gasteiger partial charge in [0.25, 0.3) is 5.56 Å². The zero-order chi connectivity index (χ0) is 24.6. The summed E-state index contributed by atoms with van der Waals surface area (Å²) in [5, 5.41) is 10.4. The molecule has 1 aliphatic carbocycles. The van der Waals surface area contributed by atoms with Crippen molar-refractivity contribution in [2.75, 3.05) is 7.11 Å². The molecule has 34 heavy (non-hydrogen) atoms. The maximum atomic E-state index is 14.5. The molecule has 1 atom stereocenters. The number of aliphatic hydroxyl groups excluding tert-OH is 1. The van der Waals surface area contributed by atoms with Crippen LogP contribution in [0.5, 0.6) is 0 Å². The Labute approximate surface area is 199 Å². The molecular weight excluding hydrogens is 433 g/mol. The van der Waals surface area contributed by atoms with E-state index in [0.717, 1.165) is 65.5 Å². The highest BCUT2D eigenvalue weighted by Gasteiger charge is 2.31. The number of hydrogen-bond donors (Lipinski definition) is 1. The summed E-state index contributed by atoms with van der Waals surface area (Å²) in [6.45, 7) is 6.31. The molecule has 180 valence electrons. The van der Waals surface area contributed by atoms with Gasteiger partial charge < -0.3 is 19.2 Å². The average Bonchev–Trinajstić information content (AvgIpc) is 3.20. The van der Waals surface area contributed by atoms with E-state index in [2.05, 4.69) is 13.0 Å². The lowest BCUT2D eigenvalue weighted by Crippen LogP contribution is -2.27. The summed E-state index contributed by atoms with van der Waals surface area (Å²) in [5.41, 5.74) is 8.02. The number of aryl methyl sites for hydroxylation is 1. The molecule has 0 radical (unpaired) electrons. The molecule has 0 saturated heterocycles. The number of rotatable bonds is 6. The smallest absolute Gasteiger partial charge is 0.257 e. The van der Waals surface area contributed by atoms with E-state index in [0.29, 0.717) is 35.2 Å². The van der Waals surface area contributed by atoms with Crippen LogP contribution in [0, 0.1) is 19.7 Å². The number of unbranched alkanes of at least 4 members (excludes halogenated alkanes) is 1. The number of pyridine rings is 1. The summed E-state index contributed by atoms with van der Waals surface area (Å²) in [5.74, 6) is -0.174. The van der Waals surface area contributed by atoms with Crippen LogP contribution in [-0.2, 0) is 29.1 Å². The molecule has 2 aromatic rings. The average molecular weight is 466 g/mol. The van der Waals surface area contributed by atoms with Gasteiger partial charge in [-0.15, -0.1) is 0 Å². The normalized spacial score (nSPS) is 19.3. The van der Waals surface area contributed by atoms with Crippen LogP contribution in [-0.4, -0.2) is 23.1 Å². The second kappa shape index (κ2) is 9.80. The third-order valence-corrected chi connectivity index (χ3v) is 7.10. The number of aromatic nitrogens is 1. The summed E-state index contributed by atoms with van der Waals surface area (Å²) in [4.78, 5) is 24.9. The van der Waals surface area contributed by atoms with Gasteiger partial charge >= 0.3 is 0 Å². The Morgan fingerprint density at radius 3 is 2.68 bits per heavy atom. The number of benzene rings is 1. The van der Waals surface area contributed by atoms with Crippen molar-refractivity contribution in [3.05, 3.63) is 79.0 Å². The van der Waals surface area contributed by atoms with E-state index in [4.69, 9.17) is 4.74 Å². The van der Waals surface area contributed by atoms with E-state index in [1.54, 1.807) is 16.7 Å². The Morgan fingerprint density at radius 1 is 1.24 bits per heavy atom. The monoisotopic (exact) mass is 465 g/mol. The fraction of sp³-hybridized carbons (Fsp3) is 0.429. The first kappa shape index (κ1) is 24.3. The van der Waals surface area contributed by atoms with Gasteiger partial charge in [-0.05, 0) is 90.6 Å². The molecule has 0 fully saturated rings. The Kier molecular flexibility index (Phi) is 7.01. The second-order valence-electron chi connectivity index (χ2n) is 9.24. The molecule has 1 N–H and O–H groups in total. The van der Waals surface area contributed by atoms with E-state index in [1.807, 2.05) is 13.8 Å². The highest BCUT2D eigenvalue weighted by molar-refractivity contribution is 5.92. The van der Waals surface area contributed by atoms with Crippen molar-refractivity contribution in [1.29, 1.82) is 0 Å². The van der Waals surface area contributed by atoms with Crippen LogP contribution in [0.4, 0.5) is 4.39 Å². The number of carbonyl (C=O) groups is 1. The standard InChI is InChI=1S/C28H32FNO4/c1-5-6-8-19-22(20-10-7-9-18-17(3)24(29)11-16(2)27(18)20)13-30-25(19)12-21(26(32)14-31)23(15-34-4)28(30)33/h8,11-12,14,26,32H,5-7,9-10,13,15H2,1-4H3/b19-8-,22-20-. The molecule has 0 saturated carbocycles. The number of fused-ring (bicyclic) bond motifs is 2. The lowest BCUT2D eigenvalue weighted by Gasteiger charge is -2.26. The van der Waals surface area contributed by atoms with Gasteiger partial charge in [0.05, 0.1) is 18.8 Å². The third kappa shape index (κ3) is 3.99. The predicted molar refractivity (Wildman–Crippen MR) is 131 cm³/mol. The van der Waals surface area contributed by atoms with Crippen LogP contribution >= 0.6 is 0 Å². The molecule has 2 heterocycles. The van der Waals surface area contributed by atoms with Gasteiger partial charge in [0.2, 0.25) is 0 Å². The third-order valence-electron chi connectivity index (χ3n) is 7.10. The molecule has 1 aromatic heterocycles. The van der Waals surface area contributed by atoms with E-state index in [1.165, 1.54) is 7.11 Å². The topological polar surface area (TPSA) is 68.5 Å². The largest absolute Gasteiger partial charge is 0.381 e. The molecular formula is C28H32FNO4. The SMILES string of the molecule is CCC/C=C1/C(=C2/CCCc3c(C)c(F)cc(C)c32)Cn2c1cc(C(O)C=O)c(COC)c2=O. The minimum absolute atomic E-state index is 0.0136. The van der Waals surface area contributed by atoms with Gasteiger partial charge in [0.1, 0.15) is 11.9 Å². The molecule has 1 aromatic carbocycles. The van der Waals surface area contributed by atoms with Crippen LogP contribution in [0.15, 0.2) is 28.6 Å². The number of aliphatic hydroxyl groups is 1. The highest BCUT2D eigenvalue weighted by atomic mass is 19.1. The number of hydrogen-bond acceptors (Lipinski definition) is 4.